The van der Waals surface area contributed by atoms with Gasteiger partial charge in [0.25, 0.3) is 5.91 Å². The highest BCUT2D eigenvalue weighted by Crippen LogP contribution is 2.19. The molecule has 0 saturated carbocycles. The Morgan fingerprint density at radius 1 is 1.44 bits per heavy atom. The van der Waals surface area contributed by atoms with Crippen LogP contribution < -0.4 is 15.8 Å². The molecule has 100 valence electrons. The van der Waals surface area contributed by atoms with E-state index in [1.807, 2.05) is 13.0 Å². The van der Waals surface area contributed by atoms with E-state index in [9.17, 15) is 4.79 Å². The molecule has 0 aliphatic carbocycles. The van der Waals surface area contributed by atoms with Gasteiger partial charge in [-0.2, -0.15) is 0 Å². The Morgan fingerprint density at radius 3 is 2.78 bits per heavy atom. The standard InChI is InChI=1S/C14H22N2O2/c1-10(2)6-7-16-14(17)9-18-13-5-4-12(15)8-11(13)3/h4-5,8,10H,6-7,9,15H2,1-3H3,(H,16,17). The van der Waals surface area contributed by atoms with E-state index in [4.69, 9.17) is 10.5 Å². The molecular formula is C14H22N2O2. The summed E-state index contributed by atoms with van der Waals surface area (Å²) in [4.78, 5) is 11.5. The third kappa shape index (κ3) is 5.08. The van der Waals surface area contributed by atoms with E-state index in [1.165, 1.54) is 0 Å². The summed E-state index contributed by atoms with van der Waals surface area (Å²) < 4.78 is 5.44. The maximum absolute atomic E-state index is 11.5. The van der Waals surface area contributed by atoms with E-state index in [-0.39, 0.29) is 12.5 Å². The molecule has 0 bridgehead atoms. The lowest BCUT2D eigenvalue weighted by Gasteiger charge is -2.10. The van der Waals surface area contributed by atoms with Crippen LogP contribution in [0.3, 0.4) is 0 Å². The minimum absolute atomic E-state index is 0.0445. The first kappa shape index (κ1) is 14.4. The van der Waals surface area contributed by atoms with Crippen LogP contribution in [0.1, 0.15) is 25.8 Å². The van der Waals surface area contributed by atoms with Gasteiger partial charge in [-0.05, 0) is 43.0 Å². The van der Waals surface area contributed by atoms with Gasteiger partial charge in [-0.1, -0.05) is 13.8 Å². The van der Waals surface area contributed by atoms with Gasteiger partial charge in [-0.3, -0.25) is 4.79 Å². The normalized spacial score (nSPS) is 10.4. The van der Waals surface area contributed by atoms with Crippen LogP contribution in [0.25, 0.3) is 0 Å². The van der Waals surface area contributed by atoms with Gasteiger partial charge in [0.1, 0.15) is 5.75 Å². The predicted molar refractivity (Wildman–Crippen MR) is 73.6 cm³/mol. The molecule has 0 atom stereocenters. The molecule has 0 spiro atoms. The molecule has 1 aromatic rings. The molecular weight excluding hydrogens is 228 g/mol. The highest BCUT2D eigenvalue weighted by atomic mass is 16.5. The quantitative estimate of drug-likeness (QED) is 0.760. The zero-order valence-corrected chi connectivity index (χ0v) is 11.3. The molecule has 0 unspecified atom stereocenters. The van der Waals surface area contributed by atoms with Crippen molar-refractivity contribution in [1.29, 1.82) is 0 Å². The molecule has 0 saturated heterocycles. The largest absolute Gasteiger partial charge is 0.484 e. The lowest BCUT2D eigenvalue weighted by molar-refractivity contribution is -0.123. The number of benzene rings is 1. The van der Waals surface area contributed by atoms with E-state index in [2.05, 4.69) is 19.2 Å². The first-order valence-corrected chi connectivity index (χ1v) is 6.24. The van der Waals surface area contributed by atoms with Gasteiger partial charge in [0.2, 0.25) is 0 Å². The summed E-state index contributed by atoms with van der Waals surface area (Å²) in [7, 11) is 0. The molecule has 1 amide bonds. The van der Waals surface area contributed by atoms with Gasteiger partial charge in [0.05, 0.1) is 0 Å². The predicted octanol–water partition coefficient (Wildman–Crippen LogP) is 2.12. The van der Waals surface area contributed by atoms with Crippen molar-refractivity contribution in [2.24, 2.45) is 5.92 Å². The Balaban J connectivity index is 2.33. The number of hydrogen-bond acceptors (Lipinski definition) is 3. The van der Waals surface area contributed by atoms with Crippen LogP contribution in [0.4, 0.5) is 5.69 Å². The Bertz CT molecular complexity index is 403. The minimum atomic E-state index is -0.0909. The molecule has 1 rings (SSSR count). The van der Waals surface area contributed by atoms with Crippen LogP contribution in [0.2, 0.25) is 0 Å². The smallest absolute Gasteiger partial charge is 0.257 e. The van der Waals surface area contributed by atoms with Crippen molar-refractivity contribution in [2.45, 2.75) is 27.2 Å². The highest BCUT2D eigenvalue weighted by molar-refractivity contribution is 5.77. The molecule has 0 aliphatic rings. The maximum Gasteiger partial charge on any atom is 0.257 e. The lowest BCUT2D eigenvalue weighted by Crippen LogP contribution is -2.30. The molecule has 0 aromatic heterocycles. The summed E-state index contributed by atoms with van der Waals surface area (Å²) in [5.41, 5.74) is 7.27. The molecule has 4 nitrogen and oxygen atoms in total. The van der Waals surface area contributed by atoms with E-state index in [1.54, 1.807) is 12.1 Å². The van der Waals surface area contributed by atoms with Gasteiger partial charge in [-0.15, -0.1) is 0 Å². The molecule has 1 aromatic carbocycles. The number of ether oxygens (including phenoxy) is 1. The van der Waals surface area contributed by atoms with Gasteiger partial charge >= 0.3 is 0 Å². The number of nitrogen functional groups attached to an aromatic ring is 1. The summed E-state index contributed by atoms with van der Waals surface area (Å²) in [6.07, 6.45) is 0.979. The van der Waals surface area contributed by atoms with Gasteiger partial charge < -0.3 is 15.8 Å². The first-order chi connectivity index (χ1) is 8.49. The van der Waals surface area contributed by atoms with Crippen LogP contribution >= 0.6 is 0 Å². The third-order valence-corrected chi connectivity index (χ3v) is 2.60. The van der Waals surface area contributed by atoms with Crippen LogP contribution in [0, 0.1) is 12.8 Å². The number of rotatable bonds is 6. The Hall–Kier alpha value is -1.71. The molecule has 0 fully saturated rings. The van der Waals surface area contributed by atoms with Gasteiger partial charge in [0, 0.05) is 12.2 Å². The number of amides is 1. The zero-order valence-electron chi connectivity index (χ0n) is 11.3. The number of hydrogen-bond donors (Lipinski definition) is 2. The average molecular weight is 250 g/mol. The number of nitrogens with one attached hydrogen (secondary N) is 1. The summed E-state index contributed by atoms with van der Waals surface area (Å²) in [5, 5.41) is 2.83. The van der Waals surface area contributed by atoms with Crippen molar-refractivity contribution in [2.75, 3.05) is 18.9 Å². The van der Waals surface area contributed by atoms with Gasteiger partial charge in [0.15, 0.2) is 6.61 Å². The SMILES string of the molecule is Cc1cc(N)ccc1OCC(=O)NCCC(C)C. The average Bonchev–Trinajstić information content (AvgIpc) is 2.27. The monoisotopic (exact) mass is 250 g/mol. The lowest BCUT2D eigenvalue weighted by atomic mass is 10.1. The highest BCUT2D eigenvalue weighted by Gasteiger charge is 2.05. The van der Waals surface area contributed by atoms with Crippen LogP contribution in [-0.4, -0.2) is 19.1 Å². The van der Waals surface area contributed by atoms with E-state index >= 15 is 0 Å². The van der Waals surface area contributed by atoms with Crippen LogP contribution in [0.5, 0.6) is 5.75 Å². The van der Waals surface area contributed by atoms with E-state index in [0.717, 1.165) is 12.0 Å². The van der Waals surface area contributed by atoms with E-state index < -0.39 is 0 Å². The van der Waals surface area contributed by atoms with Crippen LogP contribution in [-0.2, 0) is 4.79 Å². The summed E-state index contributed by atoms with van der Waals surface area (Å²) in [6.45, 7) is 6.90. The van der Waals surface area contributed by atoms with Crippen molar-refractivity contribution in [3.8, 4) is 5.75 Å². The molecule has 0 heterocycles. The zero-order chi connectivity index (χ0) is 13.5. The topological polar surface area (TPSA) is 64.3 Å². The Labute approximate surface area is 109 Å². The molecule has 0 aliphatic heterocycles. The van der Waals surface area contributed by atoms with Crippen LogP contribution in [0.15, 0.2) is 18.2 Å². The summed E-state index contributed by atoms with van der Waals surface area (Å²) >= 11 is 0. The van der Waals surface area contributed by atoms with Crippen molar-refractivity contribution in [3.05, 3.63) is 23.8 Å². The van der Waals surface area contributed by atoms with Crippen molar-refractivity contribution in [3.63, 3.8) is 0 Å². The second kappa shape index (κ2) is 6.89. The second-order valence-corrected chi connectivity index (χ2v) is 4.85. The number of anilines is 1. The fourth-order valence-corrected chi connectivity index (χ4v) is 1.53. The number of aryl methyl sites for hydroxylation is 1. The summed E-state index contributed by atoms with van der Waals surface area (Å²) in [5.74, 6) is 1.20. The molecule has 3 N–H and O–H groups in total. The molecule has 18 heavy (non-hydrogen) atoms. The fourth-order valence-electron chi connectivity index (χ4n) is 1.53. The second-order valence-electron chi connectivity index (χ2n) is 4.85. The Morgan fingerprint density at radius 2 is 2.17 bits per heavy atom. The molecule has 0 radical (unpaired) electrons. The maximum atomic E-state index is 11.5. The van der Waals surface area contributed by atoms with E-state index in [0.29, 0.717) is 23.9 Å². The number of carbonyl (C=O) groups is 1. The first-order valence-electron chi connectivity index (χ1n) is 6.24. The third-order valence-electron chi connectivity index (χ3n) is 2.60. The van der Waals surface area contributed by atoms with Crippen molar-refractivity contribution < 1.29 is 9.53 Å². The van der Waals surface area contributed by atoms with Crippen molar-refractivity contribution in [1.82, 2.24) is 5.32 Å². The number of nitrogens with two attached hydrogens (primary N) is 1. The van der Waals surface area contributed by atoms with Gasteiger partial charge in [-0.25, -0.2) is 0 Å². The minimum Gasteiger partial charge on any atom is -0.484 e. The summed E-state index contributed by atoms with van der Waals surface area (Å²) in [6, 6.07) is 5.37. The number of carbonyl (C=O) groups excluding carboxylic acids is 1. The van der Waals surface area contributed by atoms with Crippen molar-refractivity contribution >= 4 is 11.6 Å². The molecule has 4 heteroatoms. The Kier molecular flexibility index (Phi) is 5.49. The fraction of sp³-hybridized carbons (Fsp3) is 0.500.